The number of aromatic nitrogens is 3. The number of aromatic hydroxyl groups is 1. The van der Waals surface area contributed by atoms with Crippen molar-refractivity contribution in [3.63, 3.8) is 0 Å². The quantitative estimate of drug-likeness (QED) is 0.0152. The van der Waals surface area contributed by atoms with E-state index in [1.807, 2.05) is 0 Å². The molecular weight excluding hydrogens is 796 g/mol. The third-order valence-corrected chi connectivity index (χ3v) is 9.02. The number of phenolic OH excluding ortho intramolecular Hbond substituents is 1. The van der Waals surface area contributed by atoms with Crippen molar-refractivity contribution < 1.29 is 71.7 Å². The number of azo groups is 1. The van der Waals surface area contributed by atoms with Crippen LogP contribution in [-0.4, -0.2) is 77.6 Å². The van der Waals surface area contributed by atoms with Crippen molar-refractivity contribution in [2.24, 2.45) is 10.2 Å². The number of carbonyl (C=O) groups is 2. The number of benzene rings is 3. The van der Waals surface area contributed by atoms with Crippen molar-refractivity contribution in [3.8, 4) is 5.75 Å². The predicted molar refractivity (Wildman–Crippen MR) is 176 cm³/mol. The number of hydrogen-bond donors (Lipinski definition) is 6. The van der Waals surface area contributed by atoms with E-state index in [4.69, 9.17) is 31.4 Å². The first-order valence-corrected chi connectivity index (χ1v) is 17.6. The van der Waals surface area contributed by atoms with Crippen LogP contribution in [0, 0.1) is 0 Å². The summed E-state index contributed by atoms with van der Waals surface area (Å²) in [7, 11) is -4.83. The van der Waals surface area contributed by atoms with Gasteiger partial charge in [0, 0.05) is 22.3 Å². The van der Waals surface area contributed by atoms with Crippen LogP contribution in [0.25, 0.3) is 10.8 Å². The SMILES string of the molecule is O.O=C(O)CSc1nc(Cl)nc(Nc2cc(S(=O)(=O)O)cc3cc(SOOO)c(N=Nc4ccc(SOC(=O)CSOOO)cc4)c(O)c23)n1. The topological polar surface area (TPSA) is 322 Å². The Bertz CT molecular complexity index is 1980. The first kappa shape index (κ1) is 40.8. The number of carboxylic acid groups (broad SMARTS) is 1. The van der Waals surface area contributed by atoms with E-state index in [1.165, 1.54) is 30.3 Å². The lowest BCUT2D eigenvalue weighted by Gasteiger charge is -2.15. The molecule has 0 atom stereocenters. The summed E-state index contributed by atoms with van der Waals surface area (Å²) in [6.07, 6.45) is 0. The Labute approximate surface area is 301 Å². The second kappa shape index (κ2) is 19.1. The number of hydrogen-bond acceptors (Lipinski definition) is 22. The monoisotopic (exact) mass is 814 g/mol. The van der Waals surface area contributed by atoms with Gasteiger partial charge in [-0.25, -0.2) is 10.5 Å². The van der Waals surface area contributed by atoms with Crippen LogP contribution >= 0.6 is 59.5 Å². The Kier molecular flexibility index (Phi) is 15.6. The Morgan fingerprint density at radius 3 is 2.34 bits per heavy atom. The smallest absolute Gasteiger partial charge is 0.330 e. The summed E-state index contributed by atoms with van der Waals surface area (Å²) in [4.78, 5) is 34.3. The summed E-state index contributed by atoms with van der Waals surface area (Å²) in [6.45, 7) is 0. The van der Waals surface area contributed by atoms with Crippen molar-refractivity contribution >= 4 is 115 Å². The summed E-state index contributed by atoms with van der Waals surface area (Å²) in [5.74, 6) is -3.42. The van der Waals surface area contributed by atoms with Crippen LogP contribution in [-0.2, 0) is 42.6 Å². The van der Waals surface area contributed by atoms with E-state index >= 15 is 0 Å². The maximum Gasteiger partial charge on any atom is 0.330 e. The molecule has 8 N–H and O–H groups in total. The largest absolute Gasteiger partial charge is 0.505 e. The molecule has 1 aromatic heterocycles. The van der Waals surface area contributed by atoms with Gasteiger partial charge in [-0.1, -0.05) is 21.8 Å². The van der Waals surface area contributed by atoms with Crippen LogP contribution in [0.4, 0.5) is 23.0 Å². The van der Waals surface area contributed by atoms with Crippen LogP contribution in [0.2, 0.25) is 5.28 Å². The second-order valence-corrected chi connectivity index (χ2v) is 13.4. The molecule has 4 aromatic rings. The number of carboxylic acids is 1. The molecule has 0 amide bonds. The molecule has 0 saturated heterocycles. The van der Waals surface area contributed by atoms with Gasteiger partial charge in [0.05, 0.1) is 51.0 Å². The lowest BCUT2D eigenvalue weighted by Crippen LogP contribution is -2.05. The Morgan fingerprint density at radius 2 is 1.68 bits per heavy atom. The van der Waals surface area contributed by atoms with Gasteiger partial charge in [-0.3, -0.25) is 14.1 Å². The number of nitrogens with one attached hydrogen (secondary N) is 1. The molecular formula is C23H19ClN6O15S5. The average Bonchev–Trinajstić information content (AvgIpc) is 3.04. The minimum atomic E-state index is -4.83. The molecule has 0 aliphatic carbocycles. The van der Waals surface area contributed by atoms with E-state index < -0.39 is 38.5 Å². The number of thioether (sulfide) groups is 1. The highest BCUT2D eigenvalue weighted by Crippen LogP contribution is 2.47. The Morgan fingerprint density at radius 1 is 0.960 bits per heavy atom. The zero-order valence-electron chi connectivity index (χ0n) is 24.0. The molecule has 0 unspecified atom stereocenters. The van der Waals surface area contributed by atoms with Crippen molar-refractivity contribution in [1.82, 2.24) is 15.0 Å². The fourth-order valence-corrected chi connectivity index (χ4v) is 6.13. The normalized spacial score (nSPS) is 11.4. The zero-order chi connectivity index (χ0) is 35.6. The van der Waals surface area contributed by atoms with Gasteiger partial charge in [-0.05, 0) is 59.5 Å². The van der Waals surface area contributed by atoms with Crippen molar-refractivity contribution in [1.29, 1.82) is 0 Å². The second-order valence-electron chi connectivity index (χ2n) is 8.50. The molecule has 268 valence electrons. The van der Waals surface area contributed by atoms with E-state index in [1.54, 1.807) is 0 Å². The minimum absolute atomic E-state index is 0. The first-order chi connectivity index (χ1) is 23.4. The van der Waals surface area contributed by atoms with Crippen LogP contribution in [0.15, 0.2) is 72.5 Å². The van der Waals surface area contributed by atoms with Gasteiger partial charge in [-0.2, -0.15) is 28.5 Å². The summed E-state index contributed by atoms with van der Waals surface area (Å²) >= 11 is 8.29. The lowest BCUT2D eigenvalue weighted by molar-refractivity contribution is -0.432. The number of fused-ring (bicyclic) bond motifs is 1. The molecule has 4 rings (SSSR count). The molecule has 3 aromatic carbocycles. The standard InChI is InChI=1S/C23H17ClN6O14S5.H2O/c24-21-26-22(28-23(27-21)45-8-16(31)32)25-14-7-13(49(37,38)39)5-10-6-15(48-44-42-36)19(20(34)18(10)14)30-29-11-1-3-12(4-2-11)47-40-17(33)9-46-43-41-35;/h1-7,34-36H,8-9H2,(H,31,32)(H,37,38,39)(H,25,26,27,28);1H2. The summed E-state index contributed by atoms with van der Waals surface area (Å²) in [6, 6.07) is 9.29. The highest BCUT2D eigenvalue weighted by molar-refractivity contribution is 7.99. The number of nitrogens with zero attached hydrogens (tertiary/aromatic N) is 5. The van der Waals surface area contributed by atoms with Gasteiger partial charge < -0.3 is 25.2 Å². The molecule has 0 aliphatic rings. The van der Waals surface area contributed by atoms with Crippen LogP contribution in [0.3, 0.4) is 0 Å². The number of rotatable bonds is 17. The summed E-state index contributed by atoms with van der Waals surface area (Å²) in [5, 5.41) is 54.6. The molecule has 0 bridgehead atoms. The number of phenols is 1. The van der Waals surface area contributed by atoms with Gasteiger partial charge in [0.25, 0.3) is 10.1 Å². The number of carbonyl (C=O) groups excluding carboxylic acids is 1. The van der Waals surface area contributed by atoms with E-state index in [-0.39, 0.29) is 60.3 Å². The first-order valence-electron chi connectivity index (χ1n) is 12.4. The van der Waals surface area contributed by atoms with Crippen LogP contribution < -0.4 is 5.32 Å². The third kappa shape index (κ3) is 11.7. The third-order valence-electron chi connectivity index (χ3n) is 5.32. The Balaban J connectivity index is 0.00000676. The van der Waals surface area contributed by atoms with E-state index in [2.05, 4.69) is 49.2 Å². The number of anilines is 2. The van der Waals surface area contributed by atoms with Crippen molar-refractivity contribution in [3.05, 3.63) is 47.7 Å². The molecule has 21 nitrogen and oxygen atoms in total. The number of aliphatic carboxylic acids is 1. The van der Waals surface area contributed by atoms with Crippen molar-refractivity contribution in [2.75, 3.05) is 16.8 Å². The molecule has 0 spiro atoms. The fourth-order valence-electron chi connectivity index (χ4n) is 3.51. The van der Waals surface area contributed by atoms with Gasteiger partial charge in [0.1, 0.15) is 11.4 Å². The van der Waals surface area contributed by atoms with Crippen LogP contribution in [0.5, 0.6) is 5.75 Å². The van der Waals surface area contributed by atoms with Gasteiger partial charge in [0.2, 0.25) is 11.2 Å². The molecule has 1 heterocycles. The molecule has 0 aliphatic heterocycles. The van der Waals surface area contributed by atoms with Gasteiger partial charge >= 0.3 is 11.9 Å². The van der Waals surface area contributed by atoms with Gasteiger partial charge in [-0.15, -0.1) is 13.8 Å². The summed E-state index contributed by atoms with van der Waals surface area (Å²) < 4.78 is 47.7. The molecule has 27 heteroatoms. The number of halogens is 1. The van der Waals surface area contributed by atoms with E-state index in [9.17, 15) is 27.7 Å². The summed E-state index contributed by atoms with van der Waals surface area (Å²) in [5.41, 5.74) is -0.195. The average molecular weight is 815 g/mol. The zero-order valence-corrected chi connectivity index (χ0v) is 28.9. The van der Waals surface area contributed by atoms with E-state index in [0.29, 0.717) is 29.0 Å². The van der Waals surface area contributed by atoms with Gasteiger partial charge in [0.15, 0.2) is 10.9 Å². The molecule has 50 heavy (non-hydrogen) atoms. The highest BCUT2D eigenvalue weighted by atomic mass is 35.5. The molecule has 0 radical (unpaired) electrons. The highest BCUT2D eigenvalue weighted by Gasteiger charge is 2.22. The van der Waals surface area contributed by atoms with Crippen molar-refractivity contribution in [2.45, 2.75) is 19.8 Å². The maximum atomic E-state index is 12.1. The molecule has 0 fully saturated rings. The predicted octanol–water partition coefficient (Wildman–Crippen LogP) is 5.19. The van der Waals surface area contributed by atoms with Crippen LogP contribution in [0.1, 0.15) is 0 Å². The van der Waals surface area contributed by atoms with E-state index in [0.717, 1.165) is 35.9 Å². The fraction of sp³-hybridized carbons (Fsp3) is 0.0870. The molecule has 0 saturated carbocycles. The maximum absolute atomic E-state index is 12.1. The Hall–Kier alpha value is -3.61. The lowest BCUT2D eigenvalue weighted by atomic mass is 10.1. The minimum Gasteiger partial charge on any atom is -0.505 e.